The van der Waals surface area contributed by atoms with Gasteiger partial charge in [0.25, 0.3) is 0 Å². The summed E-state index contributed by atoms with van der Waals surface area (Å²) in [6, 6.07) is 6.57. The molecule has 1 amide bonds. The van der Waals surface area contributed by atoms with Crippen molar-refractivity contribution in [3.63, 3.8) is 0 Å². The Bertz CT molecular complexity index is 664. The van der Waals surface area contributed by atoms with Gasteiger partial charge in [-0.25, -0.2) is 13.1 Å². The molecule has 0 aromatic heterocycles. The lowest BCUT2D eigenvalue weighted by Gasteiger charge is -2.13. The maximum absolute atomic E-state index is 11.9. The summed E-state index contributed by atoms with van der Waals surface area (Å²) in [4.78, 5) is 12.1. The number of hydrogen-bond acceptors (Lipinski definition) is 3. The topological polar surface area (TPSA) is 75.3 Å². The minimum Gasteiger partial charge on any atom is -0.350 e. The van der Waals surface area contributed by atoms with E-state index in [4.69, 9.17) is 0 Å². The van der Waals surface area contributed by atoms with Crippen molar-refractivity contribution in [3.05, 3.63) is 35.9 Å². The summed E-state index contributed by atoms with van der Waals surface area (Å²) in [6.07, 6.45) is 6.39. The van der Waals surface area contributed by atoms with Crippen molar-refractivity contribution in [1.29, 1.82) is 0 Å². The normalized spacial score (nSPS) is 13.3. The molecule has 1 aromatic carbocycles. The Hall–Kier alpha value is -1.66. The minimum atomic E-state index is -3.44. The van der Waals surface area contributed by atoms with E-state index in [-0.39, 0.29) is 16.8 Å². The second kappa shape index (κ2) is 10.4. The highest BCUT2D eigenvalue weighted by Gasteiger charge is 2.11. The van der Waals surface area contributed by atoms with Crippen LogP contribution >= 0.6 is 0 Å². The van der Waals surface area contributed by atoms with E-state index in [0.717, 1.165) is 24.8 Å². The van der Waals surface area contributed by atoms with Gasteiger partial charge in [-0.15, -0.1) is 0 Å². The molecule has 0 aliphatic rings. The van der Waals surface area contributed by atoms with E-state index >= 15 is 0 Å². The number of benzene rings is 1. The zero-order valence-electron chi connectivity index (χ0n) is 15.6. The first-order chi connectivity index (χ1) is 11.7. The standard InChI is InChI=1S/C19H30N2O3S/c1-5-20-25(23,24)18-12-9-17(10-13-18)11-14-19(22)21-16(4)8-6-7-15(2)3/h9-16,20H,5-8H2,1-4H3,(H,21,22)/b14-11+. The average Bonchev–Trinajstić information content (AvgIpc) is 2.53. The summed E-state index contributed by atoms with van der Waals surface area (Å²) in [7, 11) is -3.44. The lowest BCUT2D eigenvalue weighted by Crippen LogP contribution is -2.31. The number of amides is 1. The van der Waals surface area contributed by atoms with Gasteiger partial charge in [0.15, 0.2) is 0 Å². The molecule has 5 nitrogen and oxygen atoms in total. The Balaban J connectivity index is 2.53. The molecule has 0 heterocycles. The second-order valence-electron chi connectivity index (χ2n) is 6.64. The smallest absolute Gasteiger partial charge is 0.244 e. The van der Waals surface area contributed by atoms with Crippen LogP contribution in [0.3, 0.4) is 0 Å². The third-order valence-corrected chi connectivity index (χ3v) is 5.32. The molecule has 6 heteroatoms. The van der Waals surface area contributed by atoms with Gasteiger partial charge >= 0.3 is 0 Å². The van der Waals surface area contributed by atoms with Gasteiger partial charge in [-0.1, -0.05) is 45.7 Å². The Kier molecular flexibility index (Phi) is 8.86. The molecule has 1 aromatic rings. The molecule has 0 saturated heterocycles. The number of carbonyl (C=O) groups is 1. The van der Waals surface area contributed by atoms with Gasteiger partial charge in [0.1, 0.15) is 0 Å². The van der Waals surface area contributed by atoms with Crippen LogP contribution in [0.4, 0.5) is 0 Å². The first kappa shape index (κ1) is 21.4. The summed E-state index contributed by atoms with van der Waals surface area (Å²) in [5.41, 5.74) is 0.776. The number of hydrogen-bond donors (Lipinski definition) is 2. The molecule has 0 bridgehead atoms. The van der Waals surface area contributed by atoms with Gasteiger partial charge in [0.2, 0.25) is 15.9 Å². The first-order valence-electron chi connectivity index (χ1n) is 8.83. The van der Waals surface area contributed by atoms with Crippen molar-refractivity contribution >= 4 is 22.0 Å². The quantitative estimate of drug-likeness (QED) is 0.624. The highest BCUT2D eigenvalue weighted by molar-refractivity contribution is 7.89. The van der Waals surface area contributed by atoms with Crippen LogP contribution in [0.5, 0.6) is 0 Å². The van der Waals surface area contributed by atoms with E-state index in [1.54, 1.807) is 25.1 Å². The maximum atomic E-state index is 11.9. The summed E-state index contributed by atoms with van der Waals surface area (Å²) < 4.78 is 26.2. The van der Waals surface area contributed by atoms with Gasteiger partial charge in [-0.05, 0) is 43.0 Å². The largest absolute Gasteiger partial charge is 0.350 e. The molecular formula is C19H30N2O3S. The fraction of sp³-hybridized carbons (Fsp3) is 0.526. The third kappa shape index (κ3) is 8.31. The Morgan fingerprint density at radius 3 is 2.32 bits per heavy atom. The summed E-state index contributed by atoms with van der Waals surface area (Å²) in [5.74, 6) is 0.545. The van der Waals surface area contributed by atoms with E-state index in [1.807, 2.05) is 6.92 Å². The van der Waals surface area contributed by atoms with E-state index in [0.29, 0.717) is 12.5 Å². The predicted molar refractivity (Wildman–Crippen MR) is 103 cm³/mol. The number of sulfonamides is 1. The lowest BCUT2D eigenvalue weighted by molar-refractivity contribution is -0.117. The van der Waals surface area contributed by atoms with Crippen LogP contribution in [0, 0.1) is 5.92 Å². The monoisotopic (exact) mass is 366 g/mol. The highest BCUT2D eigenvalue weighted by Crippen LogP contribution is 2.12. The van der Waals surface area contributed by atoms with Crippen molar-refractivity contribution in [2.24, 2.45) is 5.92 Å². The molecule has 2 N–H and O–H groups in total. The zero-order valence-corrected chi connectivity index (χ0v) is 16.4. The molecule has 140 valence electrons. The summed E-state index contributed by atoms with van der Waals surface area (Å²) >= 11 is 0. The minimum absolute atomic E-state index is 0.138. The molecule has 1 atom stereocenters. The summed E-state index contributed by atoms with van der Waals surface area (Å²) in [6.45, 7) is 8.48. The van der Waals surface area contributed by atoms with E-state index < -0.39 is 10.0 Å². The first-order valence-corrected chi connectivity index (χ1v) is 10.3. The van der Waals surface area contributed by atoms with Crippen molar-refractivity contribution in [1.82, 2.24) is 10.0 Å². The molecule has 0 saturated carbocycles. The van der Waals surface area contributed by atoms with Crippen molar-refractivity contribution in [2.75, 3.05) is 6.54 Å². The fourth-order valence-corrected chi connectivity index (χ4v) is 3.44. The molecule has 0 fully saturated rings. The Morgan fingerprint density at radius 1 is 1.12 bits per heavy atom. The van der Waals surface area contributed by atoms with Crippen LogP contribution in [0.15, 0.2) is 35.2 Å². The van der Waals surface area contributed by atoms with Crippen LogP contribution in [0.1, 0.15) is 52.5 Å². The maximum Gasteiger partial charge on any atom is 0.244 e. The Morgan fingerprint density at radius 2 is 1.76 bits per heavy atom. The van der Waals surface area contributed by atoms with Gasteiger partial charge in [0, 0.05) is 18.7 Å². The molecule has 1 rings (SSSR count). The van der Waals surface area contributed by atoms with Gasteiger partial charge in [-0.3, -0.25) is 4.79 Å². The molecule has 0 spiro atoms. The molecule has 25 heavy (non-hydrogen) atoms. The SMILES string of the molecule is CCNS(=O)(=O)c1ccc(/C=C/C(=O)NC(C)CCCC(C)C)cc1. The van der Waals surface area contributed by atoms with Crippen molar-refractivity contribution in [3.8, 4) is 0 Å². The number of carbonyl (C=O) groups excluding carboxylic acids is 1. The van der Waals surface area contributed by atoms with Gasteiger partial charge in [-0.2, -0.15) is 0 Å². The third-order valence-electron chi connectivity index (χ3n) is 3.76. The second-order valence-corrected chi connectivity index (χ2v) is 8.41. The zero-order chi connectivity index (χ0) is 18.9. The molecule has 0 aliphatic heterocycles. The number of nitrogens with one attached hydrogen (secondary N) is 2. The van der Waals surface area contributed by atoms with Crippen LogP contribution in [0.2, 0.25) is 0 Å². The number of rotatable bonds is 10. The van der Waals surface area contributed by atoms with E-state index in [2.05, 4.69) is 23.9 Å². The van der Waals surface area contributed by atoms with E-state index in [1.165, 1.54) is 18.2 Å². The highest BCUT2D eigenvalue weighted by atomic mass is 32.2. The van der Waals surface area contributed by atoms with Crippen LogP contribution in [-0.4, -0.2) is 26.9 Å². The van der Waals surface area contributed by atoms with Crippen LogP contribution in [0.25, 0.3) is 6.08 Å². The van der Waals surface area contributed by atoms with Crippen molar-refractivity contribution < 1.29 is 13.2 Å². The molecule has 1 unspecified atom stereocenters. The summed E-state index contributed by atoms with van der Waals surface area (Å²) in [5, 5.41) is 2.94. The van der Waals surface area contributed by atoms with E-state index in [9.17, 15) is 13.2 Å². The predicted octanol–water partition coefficient (Wildman–Crippen LogP) is 3.33. The van der Waals surface area contributed by atoms with Gasteiger partial charge in [0.05, 0.1) is 4.90 Å². The van der Waals surface area contributed by atoms with Gasteiger partial charge < -0.3 is 5.32 Å². The molecule has 0 radical (unpaired) electrons. The van der Waals surface area contributed by atoms with Crippen LogP contribution < -0.4 is 10.0 Å². The van der Waals surface area contributed by atoms with Crippen LogP contribution in [-0.2, 0) is 14.8 Å². The Labute approximate surface area is 152 Å². The lowest BCUT2D eigenvalue weighted by atomic mass is 10.0. The average molecular weight is 367 g/mol. The molecule has 0 aliphatic carbocycles. The fourth-order valence-electron chi connectivity index (χ4n) is 2.40. The molecular weight excluding hydrogens is 336 g/mol. The van der Waals surface area contributed by atoms with Crippen molar-refractivity contribution in [2.45, 2.75) is 57.9 Å².